The number of hydrogen-bond donors (Lipinski definition) is 0. The molecular formula is C9H8IN3. The van der Waals surface area contributed by atoms with E-state index in [1.165, 1.54) is 16.4 Å². The Bertz CT molecular complexity index is 459. The lowest BCUT2D eigenvalue weighted by Crippen LogP contribution is -1.92. The normalized spacial score (nSPS) is 16.7. The minimum atomic E-state index is 0.644. The maximum absolute atomic E-state index is 4.52. The Morgan fingerprint density at radius 1 is 1.46 bits per heavy atom. The molecule has 0 amide bonds. The van der Waals surface area contributed by atoms with Crippen molar-refractivity contribution in [1.29, 1.82) is 0 Å². The van der Waals surface area contributed by atoms with Crippen molar-refractivity contribution in [3.63, 3.8) is 0 Å². The first-order chi connectivity index (χ1) is 6.34. The van der Waals surface area contributed by atoms with Crippen LogP contribution in [0.5, 0.6) is 0 Å². The number of aromatic nitrogens is 3. The molecule has 2 heterocycles. The summed E-state index contributed by atoms with van der Waals surface area (Å²) in [6.07, 6.45) is 6.42. The summed E-state index contributed by atoms with van der Waals surface area (Å²) in [7, 11) is 0. The highest BCUT2D eigenvalue weighted by Crippen LogP contribution is 2.35. The maximum Gasteiger partial charge on any atom is 0.124 e. The molecule has 0 aliphatic heterocycles. The summed E-state index contributed by atoms with van der Waals surface area (Å²) in [5, 5.41) is 4.52. The second-order valence-electron chi connectivity index (χ2n) is 3.37. The van der Waals surface area contributed by atoms with Crippen LogP contribution in [0.15, 0.2) is 18.5 Å². The molecule has 0 N–H and O–H groups in total. The van der Waals surface area contributed by atoms with Crippen molar-refractivity contribution in [3.05, 3.63) is 22.0 Å². The summed E-state index contributed by atoms with van der Waals surface area (Å²) in [4.78, 5) is 4.28. The van der Waals surface area contributed by atoms with Crippen LogP contribution in [0.25, 0.3) is 11.0 Å². The molecule has 2 aromatic heterocycles. The van der Waals surface area contributed by atoms with Gasteiger partial charge in [0.1, 0.15) is 11.0 Å². The second-order valence-corrected chi connectivity index (χ2v) is 4.53. The van der Waals surface area contributed by atoms with Gasteiger partial charge in [-0.3, -0.25) is 9.67 Å². The van der Waals surface area contributed by atoms with Crippen LogP contribution in [-0.2, 0) is 0 Å². The van der Waals surface area contributed by atoms with E-state index in [-0.39, 0.29) is 0 Å². The molecule has 66 valence electrons. The lowest BCUT2D eigenvalue weighted by atomic mass is 10.4. The Balaban J connectivity index is 2.26. The van der Waals surface area contributed by atoms with Crippen LogP contribution in [0, 0.1) is 3.57 Å². The zero-order valence-corrected chi connectivity index (χ0v) is 9.10. The van der Waals surface area contributed by atoms with E-state index in [9.17, 15) is 0 Å². The lowest BCUT2D eigenvalue weighted by molar-refractivity contribution is 0.649. The highest BCUT2D eigenvalue weighted by Gasteiger charge is 2.24. The van der Waals surface area contributed by atoms with Crippen LogP contribution in [0.3, 0.4) is 0 Å². The molecule has 0 bridgehead atoms. The summed E-state index contributed by atoms with van der Waals surface area (Å²) in [6.45, 7) is 0. The van der Waals surface area contributed by atoms with Gasteiger partial charge in [0, 0.05) is 9.77 Å². The smallest absolute Gasteiger partial charge is 0.124 e. The van der Waals surface area contributed by atoms with Gasteiger partial charge in [0.25, 0.3) is 0 Å². The van der Waals surface area contributed by atoms with Crippen LogP contribution in [0.2, 0.25) is 0 Å². The molecule has 0 atom stereocenters. The summed E-state index contributed by atoms with van der Waals surface area (Å²) < 4.78 is 3.24. The Hall–Kier alpha value is -0.650. The molecule has 1 saturated carbocycles. The molecule has 1 fully saturated rings. The molecule has 1 aliphatic carbocycles. The molecule has 0 radical (unpaired) electrons. The van der Waals surface area contributed by atoms with Crippen LogP contribution >= 0.6 is 22.6 Å². The Kier molecular flexibility index (Phi) is 1.59. The number of rotatable bonds is 1. The van der Waals surface area contributed by atoms with Crippen LogP contribution in [0.1, 0.15) is 18.9 Å². The van der Waals surface area contributed by atoms with Gasteiger partial charge in [-0.25, -0.2) is 0 Å². The van der Waals surface area contributed by atoms with Gasteiger partial charge in [-0.15, -0.1) is 0 Å². The summed E-state index contributed by atoms with van der Waals surface area (Å²) in [5.74, 6) is 0. The van der Waals surface area contributed by atoms with Gasteiger partial charge in [0.05, 0.1) is 12.2 Å². The molecule has 0 aromatic carbocycles. The molecule has 4 heteroatoms. The van der Waals surface area contributed by atoms with E-state index >= 15 is 0 Å². The number of hydrogen-bond acceptors (Lipinski definition) is 2. The number of nitrogens with zero attached hydrogens (tertiary/aromatic N) is 3. The molecule has 0 saturated heterocycles. The first-order valence-electron chi connectivity index (χ1n) is 4.34. The molecule has 2 aromatic rings. The van der Waals surface area contributed by atoms with Gasteiger partial charge in [-0.1, -0.05) is 0 Å². The van der Waals surface area contributed by atoms with Crippen molar-refractivity contribution >= 4 is 33.6 Å². The SMILES string of the molecule is Ic1ccnc2cn(C3CC3)nc12. The van der Waals surface area contributed by atoms with Crippen LogP contribution in [-0.4, -0.2) is 14.8 Å². The van der Waals surface area contributed by atoms with Crippen LogP contribution in [0.4, 0.5) is 0 Å². The van der Waals surface area contributed by atoms with E-state index in [1.54, 1.807) is 0 Å². The van der Waals surface area contributed by atoms with Crippen molar-refractivity contribution in [2.24, 2.45) is 0 Å². The average Bonchev–Trinajstić information content (AvgIpc) is 2.87. The third-order valence-electron chi connectivity index (χ3n) is 2.29. The topological polar surface area (TPSA) is 30.7 Å². The fourth-order valence-electron chi connectivity index (χ4n) is 1.43. The summed E-state index contributed by atoms with van der Waals surface area (Å²) >= 11 is 2.30. The third kappa shape index (κ3) is 1.23. The molecular weight excluding hydrogens is 277 g/mol. The van der Waals surface area contributed by atoms with E-state index in [4.69, 9.17) is 0 Å². The molecule has 3 nitrogen and oxygen atoms in total. The van der Waals surface area contributed by atoms with Crippen molar-refractivity contribution in [2.45, 2.75) is 18.9 Å². The predicted octanol–water partition coefficient (Wildman–Crippen LogP) is 2.37. The third-order valence-corrected chi connectivity index (χ3v) is 3.16. The Morgan fingerprint density at radius 3 is 3.00 bits per heavy atom. The Labute approximate surface area is 89.3 Å². The summed E-state index contributed by atoms with van der Waals surface area (Å²) in [5.41, 5.74) is 2.05. The first kappa shape index (κ1) is 7.73. The minimum Gasteiger partial charge on any atom is -0.267 e. The van der Waals surface area contributed by atoms with E-state index < -0.39 is 0 Å². The largest absolute Gasteiger partial charge is 0.267 e. The molecule has 13 heavy (non-hydrogen) atoms. The number of pyridine rings is 1. The van der Waals surface area contributed by atoms with E-state index in [2.05, 4.69) is 43.6 Å². The molecule has 0 spiro atoms. The van der Waals surface area contributed by atoms with Gasteiger partial charge in [0.2, 0.25) is 0 Å². The quantitative estimate of drug-likeness (QED) is 0.753. The van der Waals surface area contributed by atoms with Gasteiger partial charge in [0.15, 0.2) is 0 Å². The molecule has 3 rings (SSSR count). The van der Waals surface area contributed by atoms with Crippen molar-refractivity contribution in [2.75, 3.05) is 0 Å². The predicted molar refractivity (Wildman–Crippen MR) is 58.5 cm³/mol. The standard InChI is InChI=1S/C9H8IN3/c10-7-3-4-11-8-5-13(6-1-2-6)12-9(7)8/h3-6H,1-2H2. The number of halogens is 1. The summed E-state index contributed by atoms with van der Waals surface area (Å²) in [6, 6.07) is 2.64. The van der Waals surface area contributed by atoms with E-state index in [0.29, 0.717) is 6.04 Å². The minimum absolute atomic E-state index is 0.644. The fourth-order valence-corrected chi connectivity index (χ4v) is 1.98. The molecule has 1 aliphatic rings. The van der Waals surface area contributed by atoms with Gasteiger partial charge in [-0.2, -0.15) is 5.10 Å². The Morgan fingerprint density at radius 2 is 2.31 bits per heavy atom. The molecule has 0 unspecified atom stereocenters. The van der Waals surface area contributed by atoms with Gasteiger partial charge in [-0.05, 0) is 41.5 Å². The zero-order valence-electron chi connectivity index (χ0n) is 6.94. The maximum atomic E-state index is 4.52. The average molecular weight is 285 g/mol. The fraction of sp³-hybridized carbons (Fsp3) is 0.333. The highest BCUT2D eigenvalue weighted by molar-refractivity contribution is 14.1. The lowest BCUT2D eigenvalue weighted by Gasteiger charge is -1.92. The van der Waals surface area contributed by atoms with Gasteiger partial charge < -0.3 is 0 Å². The first-order valence-corrected chi connectivity index (χ1v) is 5.42. The van der Waals surface area contributed by atoms with Crippen LogP contribution < -0.4 is 0 Å². The van der Waals surface area contributed by atoms with Crippen molar-refractivity contribution in [3.8, 4) is 0 Å². The number of fused-ring (bicyclic) bond motifs is 1. The van der Waals surface area contributed by atoms with E-state index in [1.807, 2.05) is 12.3 Å². The van der Waals surface area contributed by atoms with Crippen molar-refractivity contribution in [1.82, 2.24) is 14.8 Å². The highest BCUT2D eigenvalue weighted by atomic mass is 127. The van der Waals surface area contributed by atoms with Crippen molar-refractivity contribution < 1.29 is 0 Å². The van der Waals surface area contributed by atoms with Gasteiger partial charge >= 0.3 is 0 Å². The van der Waals surface area contributed by atoms with E-state index in [0.717, 1.165) is 11.0 Å². The second kappa shape index (κ2) is 2.67. The zero-order chi connectivity index (χ0) is 8.84. The monoisotopic (exact) mass is 285 g/mol.